The molecule has 6 nitrogen and oxygen atoms in total. The first-order valence-corrected chi connectivity index (χ1v) is 9.57. The van der Waals surface area contributed by atoms with E-state index in [1.807, 2.05) is 24.3 Å². The predicted octanol–water partition coefficient (Wildman–Crippen LogP) is 4.34. The van der Waals surface area contributed by atoms with E-state index in [4.69, 9.17) is 18.2 Å². The number of carbonyl (C=O) groups excluding carboxylic acids is 1. The SMILES string of the molecule is [C-]#[N+]c1ccc(-c2cc3c(N4CCN(C(=O)C=C)CC4)ncnc3cc2Cl)cc1. The maximum Gasteiger partial charge on any atom is 0.246 e. The fourth-order valence-electron chi connectivity index (χ4n) is 3.52. The van der Waals surface area contributed by atoms with E-state index in [-0.39, 0.29) is 5.91 Å². The van der Waals surface area contributed by atoms with Gasteiger partial charge in [-0.2, -0.15) is 0 Å². The zero-order valence-electron chi connectivity index (χ0n) is 15.7. The minimum absolute atomic E-state index is 0.0471. The largest absolute Gasteiger partial charge is 0.352 e. The summed E-state index contributed by atoms with van der Waals surface area (Å²) in [6, 6.07) is 11.2. The van der Waals surface area contributed by atoms with Crippen LogP contribution in [0.5, 0.6) is 0 Å². The second-order valence-corrected chi connectivity index (χ2v) is 7.13. The molecule has 1 aliphatic rings. The number of carbonyl (C=O) groups is 1. The van der Waals surface area contributed by atoms with E-state index >= 15 is 0 Å². The Labute approximate surface area is 173 Å². The first-order valence-electron chi connectivity index (χ1n) is 9.19. The summed E-state index contributed by atoms with van der Waals surface area (Å²) >= 11 is 6.53. The van der Waals surface area contributed by atoms with Crippen LogP contribution in [0.15, 0.2) is 55.4 Å². The predicted molar refractivity (Wildman–Crippen MR) is 115 cm³/mol. The molecule has 0 saturated carbocycles. The van der Waals surface area contributed by atoms with Crippen molar-refractivity contribution in [2.24, 2.45) is 0 Å². The molecule has 2 heterocycles. The quantitative estimate of drug-likeness (QED) is 0.482. The molecule has 0 atom stereocenters. The Bertz CT molecular complexity index is 1130. The summed E-state index contributed by atoms with van der Waals surface area (Å²) in [6.45, 7) is 13.3. The lowest BCUT2D eigenvalue weighted by Gasteiger charge is -2.35. The Morgan fingerprint density at radius 1 is 1.14 bits per heavy atom. The average molecular weight is 404 g/mol. The van der Waals surface area contributed by atoms with Crippen LogP contribution in [0, 0.1) is 6.57 Å². The average Bonchev–Trinajstić information content (AvgIpc) is 2.78. The highest BCUT2D eigenvalue weighted by atomic mass is 35.5. The van der Waals surface area contributed by atoms with Gasteiger partial charge < -0.3 is 9.80 Å². The van der Waals surface area contributed by atoms with E-state index in [0.29, 0.717) is 36.9 Å². The van der Waals surface area contributed by atoms with Crippen LogP contribution in [-0.4, -0.2) is 47.0 Å². The number of anilines is 1. The number of benzene rings is 2. The highest BCUT2D eigenvalue weighted by Gasteiger charge is 2.22. The maximum atomic E-state index is 11.8. The summed E-state index contributed by atoms with van der Waals surface area (Å²) < 4.78 is 0. The molecule has 1 saturated heterocycles. The summed E-state index contributed by atoms with van der Waals surface area (Å²) in [4.78, 5) is 28.1. The summed E-state index contributed by atoms with van der Waals surface area (Å²) in [6.07, 6.45) is 2.89. The van der Waals surface area contributed by atoms with E-state index in [1.165, 1.54) is 6.08 Å². The highest BCUT2D eigenvalue weighted by molar-refractivity contribution is 6.34. The van der Waals surface area contributed by atoms with E-state index < -0.39 is 0 Å². The third-order valence-corrected chi connectivity index (χ3v) is 5.39. The van der Waals surface area contributed by atoms with Gasteiger partial charge in [-0.25, -0.2) is 14.8 Å². The molecule has 0 unspecified atom stereocenters. The van der Waals surface area contributed by atoms with Crippen LogP contribution in [0.2, 0.25) is 5.02 Å². The molecule has 29 heavy (non-hydrogen) atoms. The van der Waals surface area contributed by atoms with Gasteiger partial charge in [-0.3, -0.25) is 4.79 Å². The number of hydrogen-bond donors (Lipinski definition) is 0. The van der Waals surface area contributed by atoms with E-state index in [9.17, 15) is 4.79 Å². The topological polar surface area (TPSA) is 53.7 Å². The number of piperazine rings is 1. The molecule has 1 amide bonds. The molecule has 0 aliphatic carbocycles. The molecule has 7 heteroatoms. The lowest BCUT2D eigenvalue weighted by Crippen LogP contribution is -2.48. The Hall–Kier alpha value is -3.43. The van der Waals surface area contributed by atoms with Crippen molar-refractivity contribution in [3.8, 4) is 11.1 Å². The molecule has 0 bridgehead atoms. The molecular formula is C22H18ClN5O. The van der Waals surface area contributed by atoms with Gasteiger partial charge in [0.2, 0.25) is 5.91 Å². The smallest absolute Gasteiger partial charge is 0.246 e. The van der Waals surface area contributed by atoms with Crippen molar-refractivity contribution in [1.29, 1.82) is 0 Å². The third kappa shape index (κ3) is 3.65. The first kappa shape index (κ1) is 18.9. The molecule has 144 valence electrons. The van der Waals surface area contributed by atoms with Gasteiger partial charge >= 0.3 is 0 Å². The zero-order chi connectivity index (χ0) is 20.4. The minimum Gasteiger partial charge on any atom is -0.352 e. The normalized spacial score (nSPS) is 13.9. The molecule has 4 rings (SSSR count). The van der Waals surface area contributed by atoms with Crippen molar-refractivity contribution < 1.29 is 4.79 Å². The van der Waals surface area contributed by atoms with Crippen molar-refractivity contribution in [2.45, 2.75) is 0 Å². The first-order chi connectivity index (χ1) is 14.1. The van der Waals surface area contributed by atoms with Gasteiger partial charge in [-0.15, -0.1) is 0 Å². The number of nitrogens with zero attached hydrogens (tertiary/aromatic N) is 5. The van der Waals surface area contributed by atoms with Gasteiger partial charge in [0.15, 0.2) is 5.69 Å². The summed E-state index contributed by atoms with van der Waals surface area (Å²) in [5, 5.41) is 1.50. The second kappa shape index (κ2) is 7.90. The fourth-order valence-corrected chi connectivity index (χ4v) is 3.79. The van der Waals surface area contributed by atoms with Crippen molar-refractivity contribution in [2.75, 3.05) is 31.1 Å². The Morgan fingerprint density at radius 3 is 2.52 bits per heavy atom. The zero-order valence-corrected chi connectivity index (χ0v) is 16.4. The lowest BCUT2D eigenvalue weighted by molar-refractivity contribution is -0.126. The molecule has 1 aromatic heterocycles. The number of rotatable bonds is 3. The van der Waals surface area contributed by atoms with Crippen LogP contribution in [0.4, 0.5) is 11.5 Å². The van der Waals surface area contributed by atoms with Crippen LogP contribution < -0.4 is 4.90 Å². The van der Waals surface area contributed by atoms with Crippen LogP contribution in [0.1, 0.15) is 0 Å². The van der Waals surface area contributed by atoms with Gasteiger partial charge in [0, 0.05) is 37.1 Å². The van der Waals surface area contributed by atoms with Crippen LogP contribution in [-0.2, 0) is 4.79 Å². The van der Waals surface area contributed by atoms with Crippen molar-refractivity contribution in [3.05, 3.63) is 71.8 Å². The van der Waals surface area contributed by atoms with Crippen molar-refractivity contribution in [3.63, 3.8) is 0 Å². The maximum absolute atomic E-state index is 11.8. The number of halogens is 1. The molecule has 1 aliphatic heterocycles. The number of fused-ring (bicyclic) bond motifs is 1. The molecule has 1 fully saturated rings. The molecule has 0 spiro atoms. The monoisotopic (exact) mass is 403 g/mol. The standard InChI is InChI=1S/C22H18ClN5O/c1-3-21(29)27-8-10-28(11-9-27)22-18-12-17(15-4-6-16(24-2)7-5-15)19(23)13-20(18)25-14-26-22/h3-7,12-14H,1,8-11H2. The van der Waals surface area contributed by atoms with E-state index in [0.717, 1.165) is 27.8 Å². The second-order valence-electron chi connectivity index (χ2n) is 6.72. The molecule has 3 aromatic rings. The molecular weight excluding hydrogens is 386 g/mol. The van der Waals surface area contributed by atoms with Gasteiger partial charge in [0.1, 0.15) is 12.1 Å². The summed E-state index contributed by atoms with van der Waals surface area (Å²) in [7, 11) is 0. The number of hydrogen-bond acceptors (Lipinski definition) is 4. The fraction of sp³-hybridized carbons (Fsp3) is 0.182. The van der Waals surface area contributed by atoms with E-state index in [1.54, 1.807) is 23.4 Å². The molecule has 0 radical (unpaired) electrons. The van der Waals surface area contributed by atoms with Gasteiger partial charge in [-0.05, 0) is 23.8 Å². The number of aromatic nitrogens is 2. The summed E-state index contributed by atoms with van der Waals surface area (Å²) in [5.74, 6) is 0.783. The van der Waals surface area contributed by atoms with Crippen LogP contribution in [0.3, 0.4) is 0 Å². The van der Waals surface area contributed by atoms with Crippen LogP contribution in [0.25, 0.3) is 26.9 Å². The Balaban J connectivity index is 1.71. The summed E-state index contributed by atoms with van der Waals surface area (Å²) in [5.41, 5.74) is 3.15. The third-order valence-electron chi connectivity index (χ3n) is 5.08. The van der Waals surface area contributed by atoms with Crippen molar-refractivity contribution in [1.82, 2.24) is 14.9 Å². The lowest BCUT2D eigenvalue weighted by atomic mass is 10.0. The molecule has 2 aromatic carbocycles. The van der Waals surface area contributed by atoms with Crippen LogP contribution >= 0.6 is 11.6 Å². The van der Waals surface area contributed by atoms with Gasteiger partial charge in [0.05, 0.1) is 17.1 Å². The minimum atomic E-state index is -0.0471. The van der Waals surface area contributed by atoms with Gasteiger partial charge in [0.25, 0.3) is 0 Å². The van der Waals surface area contributed by atoms with Crippen molar-refractivity contribution >= 4 is 39.9 Å². The highest BCUT2D eigenvalue weighted by Crippen LogP contribution is 2.35. The Kier molecular flexibility index (Phi) is 5.15. The van der Waals surface area contributed by atoms with E-state index in [2.05, 4.69) is 26.3 Å². The number of amides is 1. The Morgan fingerprint density at radius 2 is 1.86 bits per heavy atom. The van der Waals surface area contributed by atoms with Gasteiger partial charge in [-0.1, -0.05) is 42.4 Å². The molecule has 0 N–H and O–H groups in total.